The van der Waals surface area contributed by atoms with Crippen molar-refractivity contribution in [2.45, 2.75) is 52.2 Å². The fourth-order valence-electron chi connectivity index (χ4n) is 4.33. The van der Waals surface area contributed by atoms with Crippen molar-refractivity contribution in [3.63, 3.8) is 0 Å². The van der Waals surface area contributed by atoms with Crippen LogP contribution in [0.2, 0.25) is 0 Å². The Labute approximate surface area is 229 Å². The van der Waals surface area contributed by atoms with E-state index in [1.54, 1.807) is 11.3 Å². The molecule has 4 N–H and O–H groups in total. The average Bonchev–Trinajstić information content (AvgIpc) is 3.36. The summed E-state index contributed by atoms with van der Waals surface area (Å²) in [6, 6.07) is 18.9. The van der Waals surface area contributed by atoms with Crippen molar-refractivity contribution in [1.29, 1.82) is 0 Å². The van der Waals surface area contributed by atoms with Crippen LogP contribution in [0.3, 0.4) is 0 Å². The smallest absolute Gasteiger partial charge is 0.305 e. The van der Waals surface area contributed by atoms with E-state index in [1.165, 1.54) is 9.75 Å². The van der Waals surface area contributed by atoms with Crippen molar-refractivity contribution in [1.82, 2.24) is 16.0 Å². The van der Waals surface area contributed by atoms with Gasteiger partial charge in [-0.15, -0.1) is 11.3 Å². The van der Waals surface area contributed by atoms with Crippen LogP contribution < -0.4 is 21.3 Å². The van der Waals surface area contributed by atoms with Gasteiger partial charge in [-0.05, 0) is 80.8 Å². The van der Waals surface area contributed by atoms with E-state index in [9.17, 15) is 9.59 Å². The Kier molecular flexibility index (Phi) is 9.92. The number of thiophene rings is 1. The third kappa shape index (κ3) is 7.66. The van der Waals surface area contributed by atoms with Crippen LogP contribution >= 0.6 is 11.3 Å². The molecular weight excluding hydrogens is 496 g/mol. The third-order valence-electron chi connectivity index (χ3n) is 6.65. The highest BCUT2D eigenvalue weighted by molar-refractivity contribution is 7.15. The Morgan fingerprint density at radius 3 is 2.74 bits per heavy atom. The zero-order valence-electron chi connectivity index (χ0n) is 22.4. The van der Waals surface area contributed by atoms with Crippen LogP contribution in [0, 0.1) is 6.92 Å². The maximum Gasteiger partial charge on any atom is 0.305 e. The summed E-state index contributed by atoms with van der Waals surface area (Å²) in [6.07, 6.45) is 1.21. The van der Waals surface area contributed by atoms with Crippen LogP contribution in [0.1, 0.15) is 59.1 Å². The molecule has 4 rings (SSSR count). The lowest BCUT2D eigenvalue weighted by Crippen LogP contribution is -2.51. The van der Waals surface area contributed by atoms with Gasteiger partial charge in [0, 0.05) is 47.1 Å². The molecule has 1 amide bonds. The number of esters is 1. The lowest BCUT2D eigenvalue weighted by molar-refractivity contribution is -0.143. The SMILES string of the molecule is CCOC(=O)CCCNCc1ccc(-c2cccc([C@@H](C)NC(=O)c3cc(NC4CNC4)ccc3C)c2)s1. The molecule has 1 atom stereocenters. The van der Waals surface area contributed by atoms with Gasteiger partial charge in [0.1, 0.15) is 0 Å². The van der Waals surface area contributed by atoms with E-state index in [0.29, 0.717) is 24.6 Å². The molecule has 1 aliphatic rings. The predicted octanol–water partition coefficient (Wildman–Crippen LogP) is 5.03. The summed E-state index contributed by atoms with van der Waals surface area (Å²) in [6.45, 7) is 9.68. The first kappa shape index (κ1) is 27.8. The molecule has 0 aliphatic carbocycles. The maximum absolute atomic E-state index is 13.2. The van der Waals surface area contributed by atoms with E-state index in [4.69, 9.17) is 4.74 Å². The van der Waals surface area contributed by atoms with Crippen molar-refractivity contribution in [3.05, 3.63) is 76.2 Å². The van der Waals surface area contributed by atoms with Gasteiger partial charge >= 0.3 is 5.97 Å². The number of carbonyl (C=O) groups excluding carboxylic acids is 2. The van der Waals surface area contributed by atoms with Crippen molar-refractivity contribution < 1.29 is 14.3 Å². The van der Waals surface area contributed by atoms with Gasteiger partial charge in [-0.1, -0.05) is 24.3 Å². The minimum Gasteiger partial charge on any atom is -0.466 e. The molecule has 8 heteroatoms. The molecule has 3 aromatic rings. The van der Waals surface area contributed by atoms with Gasteiger partial charge in [0.15, 0.2) is 0 Å². The van der Waals surface area contributed by atoms with Gasteiger partial charge in [-0.25, -0.2) is 0 Å². The maximum atomic E-state index is 13.2. The molecule has 0 unspecified atom stereocenters. The summed E-state index contributed by atoms with van der Waals surface area (Å²) >= 11 is 1.75. The molecule has 0 saturated carbocycles. The number of aryl methyl sites for hydroxylation is 1. The lowest BCUT2D eigenvalue weighted by atomic mass is 10.0. The summed E-state index contributed by atoms with van der Waals surface area (Å²) in [4.78, 5) is 27.0. The number of nitrogens with one attached hydrogen (secondary N) is 4. The van der Waals surface area contributed by atoms with E-state index in [-0.39, 0.29) is 17.9 Å². The van der Waals surface area contributed by atoms with E-state index in [2.05, 4.69) is 51.6 Å². The molecule has 2 aromatic carbocycles. The fraction of sp³-hybridized carbons (Fsp3) is 0.400. The highest BCUT2D eigenvalue weighted by atomic mass is 32.1. The topological polar surface area (TPSA) is 91.5 Å². The predicted molar refractivity (Wildman–Crippen MR) is 155 cm³/mol. The van der Waals surface area contributed by atoms with Gasteiger partial charge in [0.05, 0.1) is 18.7 Å². The number of benzene rings is 2. The highest BCUT2D eigenvalue weighted by Crippen LogP contribution is 2.30. The molecule has 0 bridgehead atoms. The Balaban J connectivity index is 1.32. The normalized spacial score (nSPS) is 14.0. The largest absolute Gasteiger partial charge is 0.466 e. The molecule has 1 fully saturated rings. The second kappa shape index (κ2) is 13.6. The van der Waals surface area contributed by atoms with Gasteiger partial charge in [0.2, 0.25) is 0 Å². The first-order valence-electron chi connectivity index (χ1n) is 13.4. The Bertz CT molecular complexity index is 1240. The molecule has 1 aliphatic heterocycles. The van der Waals surface area contributed by atoms with Crippen molar-refractivity contribution in [2.75, 3.05) is 31.6 Å². The highest BCUT2D eigenvalue weighted by Gasteiger charge is 2.18. The molecule has 7 nitrogen and oxygen atoms in total. The van der Waals surface area contributed by atoms with Crippen LogP contribution in [0.25, 0.3) is 10.4 Å². The molecular formula is C30H38N4O3S. The molecule has 0 radical (unpaired) electrons. The second-order valence-corrected chi connectivity index (χ2v) is 10.9. The van der Waals surface area contributed by atoms with Crippen molar-refractivity contribution in [2.24, 2.45) is 0 Å². The first-order chi connectivity index (χ1) is 18.4. The van der Waals surface area contributed by atoms with Crippen molar-refractivity contribution >= 4 is 28.9 Å². The average molecular weight is 535 g/mol. The summed E-state index contributed by atoms with van der Waals surface area (Å²) in [5, 5.41) is 13.3. The van der Waals surface area contributed by atoms with Gasteiger partial charge < -0.3 is 26.0 Å². The van der Waals surface area contributed by atoms with Crippen LogP contribution in [0.4, 0.5) is 5.69 Å². The van der Waals surface area contributed by atoms with Gasteiger partial charge in [0.25, 0.3) is 5.91 Å². The Morgan fingerprint density at radius 1 is 1.13 bits per heavy atom. The van der Waals surface area contributed by atoms with Crippen LogP contribution in [0.15, 0.2) is 54.6 Å². The van der Waals surface area contributed by atoms with E-state index < -0.39 is 0 Å². The Hall–Kier alpha value is -3.20. The van der Waals surface area contributed by atoms with Crippen LogP contribution in [0.5, 0.6) is 0 Å². The molecule has 1 saturated heterocycles. The number of amides is 1. The van der Waals surface area contributed by atoms with Crippen LogP contribution in [-0.4, -0.2) is 44.2 Å². The van der Waals surface area contributed by atoms with Crippen LogP contribution in [-0.2, 0) is 16.1 Å². The quantitative estimate of drug-likeness (QED) is 0.182. The number of carbonyl (C=O) groups is 2. The summed E-state index contributed by atoms with van der Waals surface area (Å²) in [5.41, 5.74) is 4.84. The van der Waals surface area contributed by atoms with Gasteiger partial charge in [-0.2, -0.15) is 0 Å². The third-order valence-corrected chi connectivity index (χ3v) is 7.79. The van der Waals surface area contributed by atoms with Crippen molar-refractivity contribution in [3.8, 4) is 10.4 Å². The summed E-state index contributed by atoms with van der Waals surface area (Å²) in [5.74, 6) is -0.205. The minimum absolute atomic E-state index is 0.0665. The number of hydrogen-bond donors (Lipinski definition) is 4. The molecule has 202 valence electrons. The molecule has 0 spiro atoms. The van der Waals surface area contributed by atoms with Gasteiger partial charge in [-0.3, -0.25) is 9.59 Å². The zero-order valence-corrected chi connectivity index (χ0v) is 23.3. The molecule has 38 heavy (non-hydrogen) atoms. The molecule has 1 aromatic heterocycles. The number of hydrogen-bond acceptors (Lipinski definition) is 7. The number of anilines is 1. The summed E-state index contributed by atoms with van der Waals surface area (Å²) < 4.78 is 4.96. The zero-order chi connectivity index (χ0) is 26.9. The Morgan fingerprint density at radius 2 is 1.97 bits per heavy atom. The van der Waals surface area contributed by atoms with E-state index in [1.807, 2.05) is 45.0 Å². The molecule has 2 heterocycles. The second-order valence-electron chi connectivity index (χ2n) is 9.70. The number of ether oxygens (including phenoxy) is 1. The lowest BCUT2D eigenvalue weighted by Gasteiger charge is -2.29. The summed E-state index contributed by atoms with van der Waals surface area (Å²) in [7, 11) is 0. The first-order valence-corrected chi connectivity index (χ1v) is 14.2. The fourth-order valence-corrected chi connectivity index (χ4v) is 5.31. The standard InChI is InChI=1S/C30H38N4O3S/c1-4-37-29(35)9-6-14-31-19-26-12-13-28(38-26)23-8-5-7-22(15-23)21(3)33-30(36)27-16-24(11-10-20(27)2)34-25-17-32-18-25/h5,7-8,10-13,15-16,21,25,31-32,34H,4,6,9,14,17-19H2,1-3H3,(H,33,36)/t21-/m1/s1. The van der Waals surface area contributed by atoms with E-state index in [0.717, 1.165) is 55.0 Å². The monoisotopic (exact) mass is 534 g/mol. The van der Waals surface area contributed by atoms with E-state index >= 15 is 0 Å². The number of rotatable bonds is 13. The minimum atomic E-state index is -0.139.